The van der Waals surface area contributed by atoms with Crippen molar-refractivity contribution in [2.45, 2.75) is 25.3 Å². The highest BCUT2D eigenvalue weighted by Gasteiger charge is 2.44. The quantitative estimate of drug-likeness (QED) is 0.732. The summed E-state index contributed by atoms with van der Waals surface area (Å²) in [5, 5.41) is 11.0. The van der Waals surface area contributed by atoms with Gasteiger partial charge in [-0.15, -0.1) is 22.7 Å². The maximum atomic E-state index is 13.3. The minimum Gasteiger partial charge on any atom is -0.379 e. The number of hydrogen-bond acceptors (Lipinski definition) is 6. The van der Waals surface area contributed by atoms with Crippen LogP contribution in [0.4, 0.5) is 0 Å². The zero-order chi connectivity index (χ0) is 19.6. The Bertz CT molecular complexity index is 899. The highest BCUT2D eigenvalue weighted by molar-refractivity contribution is 7.11. The molecule has 1 aliphatic carbocycles. The summed E-state index contributed by atoms with van der Waals surface area (Å²) >= 11 is 3.48. The van der Waals surface area contributed by atoms with Crippen LogP contribution in [-0.2, 0) is 9.53 Å². The number of hydrazone groups is 1. The Labute approximate surface area is 179 Å². The molecule has 1 saturated carbocycles. The number of carbonyl (C=O) groups excluding carboxylic acids is 1. The summed E-state index contributed by atoms with van der Waals surface area (Å²) in [6.45, 7) is 3.44. The first kappa shape index (κ1) is 19.2. The fourth-order valence-electron chi connectivity index (χ4n) is 4.51. The Morgan fingerprint density at radius 2 is 2.03 bits per heavy atom. The van der Waals surface area contributed by atoms with Crippen LogP contribution < -0.4 is 0 Å². The molecule has 0 spiro atoms. The molecule has 7 heteroatoms. The topological polar surface area (TPSA) is 45.1 Å². The van der Waals surface area contributed by atoms with E-state index < -0.39 is 0 Å². The average molecular weight is 428 g/mol. The zero-order valence-corrected chi connectivity index (χ0v) is 18.0. The van der Waals surface area contributed by atoms with Gasteiger partial charge in [0.1, 0.15) is 0 Å². The third-order valence-electron chi connectivity index (χ3n) is 5.91. The Hall–Kier alpha value is -1.80. The van der Waals surface area contributed by atoms with Crippen LogP contribution in [0.25, 0.3) is 6.08 Å². The van der Waals surface area contributed by atoms with E-state index in [1.54, 1.807) is 27.7 Å². The lowest BCUT2D eigenvalue weighted by molar-refractivity contribution is -0.135. The zero-order valence-electron chi connectivity index (χ0n) is 16.3. The van der Waals surface area contributed by atoms with Gasteiger partial charge in [-0.25, -0.2) is 5.01 Å². The number of fused-ring (bicyclic) bond motifs is 1. The molecule has 1 saturated heterocycles. The molecule has 2 atom stereocenters. The van der Waals surface area contributed by atoms with E-state index in [2.05, 4.69) is 46.0 Å². The van der Waals surface area contributed by atoms with Gasteiger partial charge in [0.15, 0.2) is 0 Å². The van der Waals surface area contributed by atoms with Crippen molar-refractivity contribution in [1.82, 2.24) is 9.91 Å². The smallest absolute Gasteiger partial charge is 0.257 e. The summed E-state index contributed by atoms with van der Waals surface area (Å²) < 4.78 is 5.43. The van der Waals surface area contributed by atoms with Crippen molar-refractivity contribution in [3.8, 4) is 0 Å². The molecule has 2 aromatic rings. The van der Waals surface area contributed by atoms with E-state index in [4.69, 9.17) is 9.84 Å². The summed E-state index contributed by atoms with van der Waals surface area (Å²) in [7, 11) is 0. The first-order valence-electron chi connectivity index (χ1n) is 10.3. The molecule has 3 aliphatic rings. The van der Waals surface area contributed by atoms with Gasteiger partial charge < -0.3 is 4.74 Å². The molecule has 0 N–H and O–H groups in total. The molecule has 0 radical (unpaired) electrons. The van der Waals surface area contributed by atoms with Crippen LogP contribution in [0.5, 0.6) is 0 Å². The Morgan fingerprint density at radius 3 is 2.79 bits per heavy atom. The number of hydrogen-bond donors (Lipinski definition) is 0. The number of rotatable bonds is 4. The van der Waals surface area contributed by atoms with Crippen molar-refractivity contribution in [3.63, 3.8) is 0 Å². The second-order valence-corrected chi connectivity index (χ2v) is 9.71. The van der Waals surface area contributed by atoms with Gasteiger partial charge in [-0.05, 0) is 53.8 Å². The van der Waals surface area contributed by atoms with Gasteiger partial charge in [0, 0.05) is 28.8 Å². The van der Waals surface area contributed by atoms with Gasteiger partial charge in [-0.2, -0.15) is 5.10 Å². The predicted octanol–water partition coefficient (Wildman–Crippen LogP) is 4.26. The van der Waals surface area contributed by atoms with Crippen LogP contribution in [-0.4, -0.2) is 54.4 Å². The SMILES string of the molecule is O=C(CN1CCOCC1)N1N=C2/C(=C\c3cccs3)CCC[C@@H]2[C@H]1c1cccs1. The van der Waals surface area contributed by atoms with E-state index in [0.29, 0.717) is 25.7 Å². The van der Waals surface area contributed by atoms with E-state index in [1.165, 1.54) is 15.3 Å². The maximum Gasteiger partial charge on any atom is 0.257 e. The lowest BCUT2D eigenvalue weighted by Crippen LogP contribution is -2.44. The predicted molar refractivity (Wildman–Crippen MR) is 118 cm³/mol. The van der Waals surface area contributed by atoms with Gasteiger partial charge in [0.05, 0.1) is 31.5 Å². The van der Waals surface area contributed by atoms with Crippen LogP contribution in [0.3, 0.4) is 0 Å². The molecule has 0 bridgehead atoms. The molecule has 0 unspecified atom stereocenters. The van der Waals surface area contributed by atoms with Crippen molar-refractivity contribution < 1.29 is 9.53 Å². The van der Waals surface area contributed by atoms with E-state index in [-0.39, 0.29) is 11.9 Å². The number of morpholine rings is 1. The highest BCUT2D eigenvalue weighted by atomic mass is 32.1. The minimum atomic E-state index is 0.0329. The molecule has 5 nitrogen and oxygen atoms in total. The lowest BCUT2D eigenvalue weighted by Gasteiger charge is -2.31. The second-order valence-electron chi connectivity index (χ2n) is 7.76. The van der Waals surface area contributed by atoms with Crippen molar-refractivity contribution >= 4 is 40.4 Å². The van der Waals surface area contributed by atoms with E-state index in [1.807, 2.05) is 0 Å². The molecule has 0 aromatic carbocycles. The minimum absolute atomic E-state index is 0.0329. The molecular formula is C22H25N3O2S2. The van der Waals surface area contributed by atoms with E-state index in [0.717, 1.165) is 38.1 Å². The molecule has 2 aromatic heterocycles. The monoisotopic (exact) mass is 427 g/mol. The summed E-state index contributed by atoms with van der Waals surface area (Å²) in [4.78, 5) is 18.0. The third-order valence-corrected chi connectivity index (χ3v) is 7.68. The molecule has 2 aliphatic heterocycles. The first-order chi connectivity index (χ1) is 14.3. The Kier molecular flexibility index (Phi) is 5.63. The molecular weight excluding hydrogens is 402 g/mol. The number of thiophene rings is 2. The van der Waals surface area contributed by atoms with Gasteiger partial charge in [0.25, 0.3) is 5.91 Å². The van der Waals surface area contributed by atoms with Gasteiger partial charge in [-0.3, -0.25) is 9.69 Å². The fourth-order valence-corrected chi connectivity index (χ4v) is 6.07. The lowest BCUT2D eigenvalue weighted by atomic mass is 9.79. The summed E-state index contributed by atoms with van der Waals surface area (Å²) in [5.41, 5.74) is 2.42. The number of amides is 1. The summed E-state index contributed by atoms with van der Waals surface area (Å²) in [6.07, 6.45) is 5.55. The number of nitrogens with zero attached hydrogens (tertiary/aromatic N) is 3. The van der Waals surface area contributed by atoms with Crippen molar-refractivity contribution in [2.24, 2.45) is 11.0 Å². The van der Waals surface area contributed by atoms with Gasteiger partial charge >= 0.3 is 0 Å². The van der Waals surface area contributed by atoms with Crippen LogP contribution in [0.1, 0.15) is 35.1 Å². The summed E-state index contributed by atoms with van der Waals surface area (Å²) in [5.74, 6) is 0.393. The maximum absolute atomic E-state index is 13.3. The molecule has 1 amide bonds. The van der Waals surface area contributed by atoms with Crippen LogP contribution in [0.2, 0.25) is 0 Å². The Balaban J connectivity index is 1.45. The van der Waals surface area contributed by atoms with E-state index >= 15 is 0 Å². The van der Waals surface area contributed by atoms with Crippen molar-refractivity contribution in [3.05, 3.63) is 50.4 Å². The van der Waals surface area contributed by atoms with Crippen molar-refractivity contribution in [2.75, 3.05) is 32.8 Å². The number of ether oxygens (including phenoxy) is 1. The van der Waals surface area contributed by atoms with Crippen LogP contribution in [0, 0.1) is 5.92 Å². The first-order valence-corrected chi connectivity index (χ1v) is 12.0. The third kappa shape index (κ3) is 3.97. The average Bonchev–Trinajstić information content (AvgIpc) is 3.49. The number of allylic oxidation sites excluding steroid dienone is 1. The molecule has 5 rings (SSSR count). The fraction of sp³-hybridized carbons (Fsp3) is 0.455. The normalized spacial score (nSPS) is 26.6. The Morgan fingerprint density at radius 1 is 1.21 bits per heavy atom. The highest BCUT2D eigenvalue weighted by Crippen LogP contribution is 2.45. The van der Waals surface area contributed by atoms with Crippen molar-refractivity contribution in [1.29, 1.82) is 0 Å². The molecule has 29 heavy (non-hydrogen) atoms. The molecule has 4 heterocycles. The largest absolute Gasteiger partial charge is 0.379 e. The van der Waals surface area contributed by atoms with Gasteiger partial charge in [0.2, 0.25) is 0 Å². The van der Waals surface area contributed by atoms with Crippen LogP contribution >= 0.6 is 22.7 Å². The standard InChI is InChI=1S/C22H25N3O2S2/c26-20(15-24-8-10-27-11-9-24)25-22(19-7-3-13-29-19)18-6-1-4-16(21(18)23-25)14-17-5-2-12-28-17/h2-3,5,7,12-14,18,22H,1,4,6,8-11,15H2/b16-14-/t18-,22-/m0/s1. The molecule has 152 valence electrons. The van der Waals surface area contributed by atoms with Crippen LogP contribution in [0.15, 0.2) is 45.7 Å². The van der Waals surface area contributed by atoms with E-state index in [9.17, 15) is 4.79 Å². The second kappa shape index (κ2) is 8.52. The summed E-state index contributed by atoms with van der Waals surface area (Å²) in [6, 6.07) is 8.49. The molecule has 2 fully saturated rings. The van der Waals surface area contributed by atoms with Gasteiger partial charge in [-0.1, -0.05) is 12.1 Å². The number of carbonyl (C=O) groups is 1.